The van der Waals surface area contributed by atoms with Gasteiger partial charge in [0.05, 0.1) is 12.3 Å². The fourth-order valence-corrected chi connectivity index (χ4v) is 7.93. The molecular weight excluding hydrogens is 507 g/mol. The molecule has 7 heteroatoms. The lowest BCUT2D eigenvalue weighted by Gasteiger charge is -2.28. The largest absolute Gasteiger partial charge is 0.505 e. The average Bonchev–Trinajstić information content (AvgIpc) is 2.98. The maximum absolute atomic E-state index is 13.0. The molecule has 1 N–H and O–H groups in total. The molecule has 39 heavy (non-hydrogen) atoms. The Morgan fingerprint density at radius 2 is 1.23 bits per heavy atom. The van der Waals surface area contributed by atoms with Gasteiger partial charge in [-0.25, -0.2) is 4.79 Å². The van der Waals surface area contributed by atoms with Crippen LogP contribution in [0.1, 0.15) is 24.2 Å². The minimum Gasteiger partial charge on any atom is -0.505 e. The average molecular weight is 537 g/mol. The number of nitrogens with zero attached hydrogens (tertiary/aromatic N) is 2. The van der Waals surface area contributed by atoms with Crippen molar-refractivity contribution in [2.24, 2.45) is 10.2 Å². The summed E-state index contributed by atoms with van der Waals surface area (Å²) in [5.41, 5.74) is 0.652. The van der Waals surface area contributed by atoms with Crippen molar-refractivity contribution in [3.8, 4) is 0 Å². The number of allylic oxidation sites excluding steroid dienone is 1. The van der Waals surface area contributed by atoms with E-state index in [4.69, 9.17) is 4.74 Å². The summed E-state index contributed by atoms with van der Waals surface area (Å²) in [4.78, 5) is 24.6. The normalized spacial score (nSPS) is 12.1. The van der Waals surface area contributed by atoms with E-state index in [0.717, 1.165) is 15.9 Å². The summed E-state index contributed by atoms with van der Waals surface area (Å²) in [7, 11) is 0. The van der Waals surface area contributed by atoms with Crippen molar-refractivity contribution in [1.82, 2.24) is 0 Å². The van der Waals surface area contributed by atoms with Crippen LogP contribution in [-0.2, 0) is 9.53 Å². The second-order valence-corrected chi connectivity index (χ2v) is 11.9. The number of ketones is 1. The third-order valence-corrected chi connectivity index (χ3v) is 10.0. The number of aliphatic hydroxyl groups excluding tert-OH is 1. The van der Waals surface area contributed by atoms with Crippen molar-refractivity contribution < 1.29 is 19.4 Å². The van der Waals surface area contributed by atoms with E-state index < -0.39 is 12.9 Å². The van der Waals surface area contributed by atoms with Crippen LogP contribution in [0.4, 0.5) is 5.69 Å². The summed E-state index contributed by atoms with van der Waals surface area (Å²) < 4.78 is 5.23. The molecular formula is C32H29N2O4P. The molecule has 0 fully saturated rings. The third kappa shape index (κ3) is 6.31. The summed E-state index contributed by atoms with van der Waals surface area (Å²) in [6.07, 6.45) is 0. The van der Waals surface area contributed by atoms with Gasteiger partial charge >= 0.3 is 5.97 Å². The molecule has 4 aromatic rings. The van der Waals surface area contributed by atoms with Crippen LogP contribution in [0.3, 0.4) is 0 Å². The van der Waals surface area contributed by atoms with Gasteiger partial charge in [0.2, 0.25) is 5.70 Å². The first-order valence-electron chi connectivity index (χ1n) is 12.5. The summed E-state index contributed by atoms with van der Waals surface area (Å²) in [5.74, 6) is 0.544. The number of carbonyl (C=O) groups is 2. The molecule has 196 valence electrons. The monoisotopic (exact) mass is 536 g/mol. The number of carbonyl (C=O) groups excluding carboxylic acids is 2. The minimum atomic E-state index is -2.61. The van der Waals surface area contributed by atoms with Crippen LogP contribution in [0.15, 0.2) is 137 Å². The number of aliphatic hydroxyl groups is 1. The van der Waals surface area contributed by atoms with Crippen molar-refractivity contribution in [1.29, 1.82) is 0 Å². The third-order valence-electron chi connectivity index (χ3n) is 6.06. The van der Waals surface area contributed by atoms with Gasteiger partial charge in [-0.3, -0.25) is 4.79 Å². The van der Waals surface area contributed by atoms with Crippen LogP contribution in [0.25, 0.3) is 0 Å². The van der Waals surface area contributed by atoms with Crippen molar-refractivity contribution in [3.05, 3.63) is 132 Å². The van der Waals surface area contributed by atoms with Crippen LogP contribution < -0.4 is 15.9 Å². The van der Waals surface area contributed by atoms with Crippen LogP contribution in [0.2, 0.25) is 0 Å². The van der Waals surface area contributed by atoms with Gasteiger partial charge in [0.25, 0.3) is 0 Å². The number of benzene rings is 4. The first-order chi connectivity index (χ1) is 19.0. The number of hydrogen-bond acceptors (Lipinski definition) is 6. The fourth-order valence-electron chi connectivity index (χ4n) is 4.17. The van der Waals surface area contributed by atoms with Crippen LogP contribution in [0.5, 0.6) is 0 Å². The first-order valence-corrected chi connectivity index (χ1v) is 14.4. The van der Waals surface area contributed by atoms with Gasteiger partial charge in [-0.05, 0) is 66.7 Å². The van der Waals surface area contributed by atoms with Crippen molar-refractivity contribution in [2.75, 3.05) is 6.61 Å². The van der Waals surface area contributed by atoms with Crippen LogP contribution in [-0.4, -0.2) is 29.3 Å². The molecule has 0 aromatic heterocycles. The number of azo groups is 1. The van der Waals surface area contributed by atoms with Gasteiger partial charge in [-0.15, -0.1) is 5.11 Å². The number of Topliss-reactive ketones (excluding diaryl/α,β-unsaturated/α-hetero) is 1. The van der Waals surface area contributed by atoms with Gasteiger partial charge in [0, 0.05) is 5.56 Å². The maximum Gasteiger partial charge on any atom is 0.362 e. The van der Waals surface area contributed by atoms with E-state index in [-0.39, 0.29) is 23.8 Å². The Hall–Kier alpha value is -4.54. The van der Waals surface area contributed by atoms with E-state index in [9.17, 15) is 14.7 Å². The predicted octanol–water partition coefficient (Wildman–Crippen LogP) is 6.10. The Bertz CT molecular complexity index is 1440. The highest BCUT2D eigenvalue weighted by Crippen LogP contribution is 2.44. The molecule has 0 bridgehead atoms. The molecule has 4 rings (SSSR count). The minimum absolute atomic E-state index is 0.0686. The number of ether oxygens (including phenoxy) is 1. The highest BCUT2D eigenvalue weighted by molar-refractivity contribution is 7.94. The van der Waals surface area contributed by atoms with Crippen LogP contribution in [0, 0.1) is 0 Å². The molecule has 0 aliphatic rings. The smallest absolute Gasteiger partial charge is 0.362 e. The van der Waals surface area contributed by atoms with Gasteiger partial charge in [0.1, 0.15) is 0 Å². The second kappa shape index (κ2) is 12.8. The number of esters is 1. The topological polar surface area (TPSA) is 88.3 Å². The molecule has 0 saturated heterocycles. The van der Waals surface area contributed by atoms with E-state index >= 15 is 0 Å². The Kier molecular flexibility index (Phi) is 9.03. The Balaban J connectivity index is 1.99. The zero-order chi connectivity index (χ0) is 27.7. The molecule has 4 aromatic carbocycles. The van der Waals surface area contributed by atoms with Gasteiger partial charge in [-0.2, -0.15) is 5.11 Å². The van der Waals surface area contributed by atoms with Crippen molar-refractivity contribution >= 4 is 46.0 Å². The highest BCUT2D eigenvalue weighted by Gasteiger charge is 2.27. The van der Waals surface area contributed by atoms with E-state index in [2.05, 4.69) is 10.2 Å². The Morgan fingerprint density at radius 3 is 1.64 bits per heavy atom. The lowest BCUT2D eigenvalue weighted by Crippen LogP contribution is -2.27. The quantitative estimate of drug-likeness (QED) is 0.0699. The van der Waals surface area contributed by atoms with Gasteiger partial charge in [-0.1, -0.05) is 91.0 Å². The molecule has 0 aliphatic carbocycles. The van der Waals surface area contributed by atoms with Gasteiger partial charge in [0.15, 0.2) is 11.5 Å². The zero-order valence-corrected chi connectivity index (χ0v) is 22.7. The molecule has 6 nitrogen and oxygen atoms in total. The fraction of sp³-hybridized carbons (Fsp3) is 0.0938. The molecule has 0 aliphatic heterocycles. The van der Waals surface area contributed by atoms with E-state index in [1.54, 1.807) is 37.0 Å². The number of hydrogen-bond donors (Lipinski definition) is 1. The molecule has 0 unspecified atom stereocenters. The van der Waals surface area contributed by atoms with Crippen molar-refractivity contribution in [2.45, 2.75) is 13.8 Å². The summed E-state index contributed by atoms with van der Waals surface area (Å²) >= 11 is 0. The second-order valence-electron chi connectivity index (χ2n) is 8.62. The SMILES string of the molecule is CCOC(=O)/C(N=Nc1ccc(C(C)=O)cc1)=C(\O)C=P(c1ccccc1)(c1ccccc1)c1ccccc1. The highest BCUT2D eigenvalue weighted by atomic mass is 31.2. The lowest BCUT2D eigenvalue weighted by molar-refractivity contribution is -0.138. The standard InChI is InChI=1S/C32H29N2O4P/c1-3-38-32(37)31(34-33-26-21-19-25(20-22-26)24(2)35)30(36)23-39(27-13-7-4-8-14-27,28-15-9-5-10-16-28)29-17-11-6-12-18-29/h4-23,36H,3H2,1-2H3/b31-30+,34-33?. The zero-order valence-electron chi connectivity index (χ0n) is 21.8. The number of rotatable bonds is 9. The van der Waals surface area contributed by atoms with E-state index in [1.165, 1.54) is 6.92 Å². The summed E-state index contributed by atoms with van der Waals surface area (Å²) in [5, 5.41) is 22.9. The van der Waals surface area contributed by atoms with E-state index in [0.29, 0.717) is 11.3 Å². The summed E-state index contributed by atoms with van der Waals surface area (Å²) in [6, 6.07) is 36.3. The van der Waals surface area contributed by atoms with Crippen LogP contribution >= 0.6 is 6.89 Å². The van der Waals surface area contributed by atoms with Crippen molar-refractivity contribution in [3.63, 3.8) is 0 Å². The predicted molar refractivity (Wildman–Crippen MR) is 158 cm³/mol. The molecule has 0 heterocycles. The first kappa shape index (κ1) is 27.5. The Labute approximate surface area is 228 Å². The van der Waals surface area contributed by atoms with E-state index in [1.807, 2.05) is 91.0 Å². The molecule has 0 saturated carbocycles. The molecule has 0 amide bonds. The molecule has 0 atom stereocenters. The Morgan fingerprint density at radius 1 is 0.769 bits per heavy atom. The summed E-state index contributed by atoms with van der Waals surface area (Å²) in [6.45, 7) is 0.654. The lowest BCUT2D eigenvalue weighted by atomic mass is 10.1. The molecule has 0 spiro atoms. The molecule has 0 radical (unpaired) electrons. The van der Waals surface area contributed by atoms with Gasteiger partial charge < -0.3 is 9.84 Å². The maximum atomic E-state index is 13.0.